The van der Waals surface area contributed by atoms with Crippen molar-refractivity contribution in [2.75, 3.05) is 6.54 Å². The van der Waals surface area contributed by atoms with Gasteiger partial charge < -0.3 is 5.32 Å². The van der Waals surface area contributed by atoms with Gasteiger partial charge in [0.1, 0.15) is 6.33 Å². The van der Waals surface area contributed by atoms with E-state index in [-0.39, 0.29) is 5.91 Å². The second-order valence-electron chi connectivity index (χ2n) is 4.91. The van der Waals surface area contributed by atoms with Crippen LogP contribution in [0.3, 0.4) is 0 Å². The van der Waals surface area contributed by atoms with Gasteiger partial charge >= 0.3 is 0 Å². The highest BCUT2D eigenvalue weighted by molar-refractivity contribution is 5.94. The Labute approximate surface area is 123 Å². The fourth-order valence-electron chi connectivity index (χ4n) is 2.28. The third-order valence-electron chi connectivity index (χ3n) is 3.40. The van der Waals surface area contributed by atoms with Crippen LogP contribution < -0.4 is 5.32 Å². The molecule has 0 fully saturated rings. The normalized spacial score (nSPS) is 10.7. The largest absolute Gasteiger partial charge is 0.352 e. The first-order chi connectivity index (χ1) is 10.3. The molecule has 0 saturated carbocycles. The van der Waals surface area contributed by atoms with E-state index >= 15 is 0 Å². The summed E-state index contributed by atoms with van der Waals surface area (Å²) in [5.74, 6) is -0.0288. The number of benzene rings is 2. The zero-order chi connectivity index (χ0) is 14.7. The van der Waals surface area contributed by atoms with E-state index in [4.69, 9.17) is 0 Å². The monoisotopic (exact) mass is 279 g/mol. The molecule has 0 aliphatic carbocycles. The molecule has 1 aromatic heterocycles. The molecule has 1 N–H and O–H groups in total. The van der Waals surface area contributed by atoms with E-state index in [0.717, 1.165) is 23.1 Å². The van der Waals surface area contributed by atoms with Gasteiger partial charge in [-0.15, -0.1) is 0 Å². The van der Waals surface area contributed by atoms with Crippen LogP contribution in [0.4, 0.5) is 0 Å². The average Bonchev–Trinajstić information content (AvgIpc) is 2.97. The Morgan fingerprint density at radius 3 is 2.67 bits per heavy atom. The molecule has 0 aliphatic heterocycles. The summed E-state index contributed by atoms with van der Waals surface area (Å²) in [5, 5.41) is 2.87. The maximum Gasteiger partial charge on any atom is 0.251 e. The van der Waals surface area contributed by atoms with Gasteiger partial charge in [-0.2, -0.15) is 0 Å². The second-order valence-corrected chi connectivity index (χ2v) is 4.91. The zero-order valence-electron chi connectivity index (χ0n) is 11.9. The van der Waals surface area contributed by atoms with Crippen LogP contribution in [0, 0.1) is 0 Å². The molecule has 0 unspecified atom stereocenters. The van der Waals surface area contributed by atoms with Gasteiger partial charge in [0, 0.05) is 17.8 Å². The molecule has 2 aromatic carbocycles. The number of hydrogen-bond acceptors (Lipinski definition) is 2. The van der Waals surface area contributed by atoms with Crippen molar-refractivity contribution in [1.29, 1.82) is 0 Å². The molecule has 0 radical (unpaired) electrons. The highest BCUT2D eigenvalue weighted by Gasteiger charge is 2.06. The molecule has 3 aromatic rings. The van der Waals surface area contributed by atoms with Crippen LogP contribution in [0.15, 0.2) is 54.9 Å². The number of hydrogen-bond donors (Lipinski definition) is 1. The fraction of sp³-hybridized carbons (Fsp3) is 0.176. The van der Waals surface area contributed by atoms with E-state index in [1.165, 1.54) is 0 Å². The van der Waals surface area contributed by atoms with Gasteiger partial charge in [0.05, 0.1) is 11.0 Å². The Hall–Kier alpha value is -2.62. The molecule has 4 nitrogen and oxygen atoms in total. The van der Waals surface area contributed by atoms with Crippen LogP contribution in [0.5, 0.6) is 0 Å². The van der Waals surface area contributed by atoms with Crippen LogP contribution in [0.1, 0.15) is 23.7 Å². The maximum atomic E-state index is 11.9. The molecule has 0 saturated heterocycles. The molecular formula is C17H17N3O. The predicted octanol–water partition coefficient (Wildman–Crippen LogP) is 3.17. The van der Waals surface area contributed by atoms with Gasteiger partial charge in [0.15, 0.2) is 0 Å². The lowest BCUT2D eigenvalue weighted by Crippen LogP contribution is -2.23. The quantitative estimate of drug-likeness (QED) is 0.797. The molecule has 1 heterocycles. The number of nitrogens with zero attached hydrogens (tertiary/aromatic N) is 2. The van der Waals surface area contributed by atoms with Crippen molar-refractivity contribution >= 4 is 16.9 Å². The number of fused-ring (bicyclic) bond motifs is 1. The average molecular weight is 279 g/mol. The van der Waals surface area contributed by atoms with E-state index in [9.17, 15) is 4.79 Å². The minimum atomic E-state index is -0.0288. The van der Waals surface area contributed by atoms with Gasteiger partial charge in [0.25, 0.3) is 5.91 Å². The van der Waals surface area contributed by atoms with Gasteiger partial charge in [-0.25, -0.2) is 4.98 Å². The summed E-state index contributed by atoms with van der Waals surface area (Å²) in [5.41, 5.74) is 3.69. The first-order valence-corrected chi connectivity index (χ1v) is 7.10. The summed E-state index contributed by atoms with van der Waals surface area (Å²) in [6.07, 6.45) is 2.74. The van der Waals surface area contributed by atoms with E-state index in [2.05, 4.69) is 10.3 Å². The minimum absolute atomic E-state index is 0.0288. The maximum absolute atomic E-state index is 11.9. The first-order valence-electron chi connectivity index (χ1n) is 7.10. The van der Waals surface area contributed by atoms with Crippen molar-refractivity contribution in [3.05, 3.63) is 60.4 Å². The van der Waals surface area contributed by atoms with Gasteiger partial charge in [-0.05, 0) is 42.8 Å². The molecule has 3 rings (SSSR count). The fourth-order valence-corrected chi connectivity index (χ4v) is 2.28. The van der Waals surface area contributed by atoms with E-state index < -0.39 is 0 Å². The number of imidazole rings is 1. The lowest BCUT2D eigenvalue weighted by Gasteiger charge is -2.07. The number of nitrogens with one attached hydrogen (secondary N) is 1. The lowest BCUT2D eigenvalue weighted by molar-refractivity contribution is 0.0953. The Morgan fingerprint density at radius 1 is 1.14 bits per heavy atom. The van der Waals surface area contributed by atoms with Gasteiger partial charge in [0.2, 0.25) is 0 Å². The van der Waals surface area contributed by atoms with Crippen molar-refractivity contribution in [2.24, 2.45) is 0 Å². The summed E-state index contributed by atoms with van der Waals surface area (Å²) < 4.78 is 2.02. The van der Waals surface area contributed by atoms with Crippen molar-refractivity contribution in [2.45, 2.75) is 13.3 Å². The predicted molar refractivity (Wildman–Crippen MR) is 83.7 cm³/mol. The number of carbonyl (C=O) groups is 1. The van der Waals surface area contributed by atoms with Crippen molar-refractivity contribution in [3.63, 3.8) is 0 Å². The summed E-state index contributed by atoms with van der Waals surface area (Å²) in [7, 11) is 0. The molecule has 0 spiro atoms. The molecular weight excluding hydrogens is 262 g/mol. The number of carbonyl (C=O) groups excluding carboxylic acids is 1. The van der Waals surface area contributed by atoms with E-state index in [1.807, 2.05) is 60.0 Å². The molecule has 106 valence electrons. The number of rotatable bonds is 4. The van der Waals surface area contributed by atoms with Crippen LogP contribution in [0.25, 0.3) is 16.7 Å². The molecule has 4 heteroatoms. The number of aromatic nitrogens is 2. The first kappa shape index (κ1) is 13.4. The minimum Gasteiger partial charge on any atom is -0.352 e. The van der Waals surface area contributed by atoms with Crippen molar-refractivity contribution in [1.82, 2.24) is 14.9 Å². The molecule has 21 heavy (non-hydrogen) atoms. The van der Waals surface area contributed by atoms with Crippen molar-refractivity contribution < 1.29 is 4.79 Å². The van der Waals surface area contributed by atoms with E-state index in [0.29, 0.717) is 12.1 Å². The van der Waals surface area contributed by atoms with Crippen LogP contribution in [-0.4, -0.2) is 22.0 Å². The number of para-hydroxylation sites is 2. The molecule has 0 bridgehead atoms. The molecule has 0 atom stereocenters. The lowest BCUT2D eigenvalue weighted by atomic mass is 10.2. The standard InChI is InChI=1S/C17H17N3O/c1-2-11-18-17(21)13-7-9-14(10-8-13)20-12-19-15-5-3-4-6-16(15)20/h3-10,12H,2,11H2,1H3,(H,18,21). The van der Waals surface area contributed by atoms with Crippen molar-refractivity contribution in [3.8, 4) is 5.69 Å². The summed E-state index contributed by atoms with van der Waals surface area (Å²) in [6.45, 7) is 2.74. The zero-order valence-corrected chi connectivity index (χ0v) is 11.9. The second kappa shape index (κ2) is 5.79. The van der Waals surface area contributed by atoms with Gasteiger partial charge in [-0.3, -0.25) is 9.36 Å². The Kier molecular flexibility index (Phi) is 3.69. The summed E-state index contributed by atoms with van der Waals surface area (Å²) in [4.78, 5) is 16.3. The topological polar surface area (TPSA) is 46.9 Å². The highest BCUT2D eigenvalue weighted by Crippen LogP contribution is 2.18. The third-order valence-corrected chi connectivity index (χ3v) is 3.40. The van der Waals surface area contributed by atoms with E-state index in [1.54, 1.807) is 6.33 Å². The Morgan fingerprint density at radius 2 is 1.90 bits per heavy atom. The Bertz CT molecular complexity index is 759. The Balaban J connectivity index is 1.89. The van der Waals surface area contributed by atoms with Crippen LogP contribution >= 0.6 is 0 Å². The smallest absolute Gasteiger partial charge is 0.251 e. The summed E-state index contributed by atoms with van der Waals surface area (Å²) >= 11 is 0. The molecule has 0 aliphatic rings. The number of amides is 1. The van der Waals surface area contributed by atoms with Crippen LogP contribution in [-0.2, 0) is 0 Å². The van der Waals surface area contributed by atoms with Gasteiger partial charge in [-0.1, -0.05) is 19.1 Å². The molecule has 1 amide bonds. The summed E-state index contributed by atoms with van der Waals surface area (Å²) in [6, 6.07) is 15.5. The highest BCUT2D eigenvalue weighted by atomic mass is 16.1. The SMILES string of the molecule is CCCNC(=O)c1ccc(-n2cnc3ccccc32)cc1. The third kappa shape index (κ3) is 2.65. The van der Waals surface area contributed by atoms with Crippen LogP contribution in [0.2, 0.25) is 0 Å².